The number of fused-ring (bicyclic) bond motifs is 1. The fourth-order valence-corrected chi connectivity index (χ4v) is 4.82. The summed E-state index contributed by atoms with van der Waals surface area (Å²) in [6, 6.07) is 8.67. The van der Waals surface area contributed by atoms with Crippen LogP contribution in [0.3, 0.4) is 0 Å². The minimum absolute atomic E-state index is 0.132. The standard InChI is InChI=1S/C23H30F3N3O2/c24-23(25,26)15-29(22(30)21-12-17-4-1-2-7-20(17)28-21)19-6-3-5-18(13-19)27-14-16-8-10-31-11-9-16/h1-2,4,7,12,16,18-19,27-28H,3,5-6,8-11,13-15H2/t18-,19?/m0/s1. The summed E-state index contributed by atoms with van der Waals surface area (Å²) in [7, 11) is 0. The number of para-hydroxylation sites is 1. The molecule has 1 aliphatic carbocycles. The van der Waals surface area contributed by atoms with Gasteiger partial charge in [-0.15, -0.1) is 0 Å². The summed E-state index contributed by atoms with van der Waals surface area (Å²) >= 11 is 0. The molecule has 2 aliphatic rings. The van der Waals surface area contributed by atoms with Gasteiger partial charge >= 0.3 is 6.18 Å². The zero-order valence-electron chi connectivity index (χ0n) is 17.6. The van der Waals surface area contributed by atoms with Crippen LogP contribution in [0.4, 0.5) is 13.2 Å². The molecule has 2 N–H and O–H groups in total. The van der Waals surface area contributed by atoms with E-state index in [0.717, 1.165) is 61.2 Å². The molecule has 2 fully saturated rings. The van der Waals surface area contributed by atoms with Crippen molar-refractivity contribution in [3.8, 4) is 0 Å². The number of nitrogens with one attached hydrogen (secondary N) is 2. The van der Waals surface area contributed by atoms with Crippen LogP contribution in [0.25, 0.3) is 10.9 Å². The van der Waals surface area contributed by atoms with Gasteiger partial charge in [0.2, 0.25) is 0 Å². The lowest BCUT2D eigenvalue weighted by Crippen LogP contribution is -2.50. The summed E-state index contributed by atoms with van der Waals surface area (Å²) < 4.78 is 45.6. The zero-order valence-corrected chi connectivity index (χ0v) is 17.6. The van der Waals surface area contributed by atoms with Gasteiger partial charge in [-0.25, -0.2) is 0 Å². The molecule has 2 heterocycles. The van der Waals surface area contributed by atoms with Gasteiger partial charge in [0.15, 0.2) is 0 Å². The van der Waals surface area contributed by atoms with E-state index < -0.39 is 24.7 Å². The first-order valence-electron chi connectivity index (χ1n) is 11.2. The number of carbonyl (C=O) groups excluding carboxylic acids is 1. The SMILES string of the molecule is O=C(c1cc2ccccc2[nH]1)N(CC(F)(F)F)C1CCC[C@H](NCC2CCOCC2)C1. The van der Waals surface area contributed by atoms with Gasteiger partial charge in [0, 0.05) is 36.2 Å². The van der Waals surface area contributed by atoms with Crippen molar-refractivity contribution in [1.29, 1.82) is 0 Å². The Labute approximate surface area is 180 Å². The Kier molecular flexibility index (Phi) is 6.86. The maximum atomic E-state index is 13.4. The van der Waals surface area contributed by atoms with Crippen LogP contribution in [0.5, 0.6) is 0 Å². The molecule has 1 unspecified atom stereocenters. The Morgan fingerprint density at radius 3 is 2.68 bits per heavy atom. The molecule has 0 bridgehead atoms. The number of amides is 1. The molecule has 1 aromatic carbocycles. The van der Waals surface area contributed by atoms with E-state index in [-0.39, 0.29) is 11.7 Å². The molecule has 5 nitrogen and oxygen atoms in total. The van der Waals surface area contributed by atoms with Crippen LogP contribution >= 0.6 is 0 Å². The molecule has 1 saturated carbocycles. The van der Waals surface area contributed by atoms with Crippen molar-refractivity contribution in [3.63, 3.8) is 0 Å². The average Bonchev–Trinajstić information content (AvgIpc) is 3.20. The van der Waals surface area contributed by atoms with Gasteiger partial charge in [-0.05, 0) is 63.1 Å². The van der Waals surface area contributed by atoms with E-state index in [2.05, 4.69) is 10.3 Å². The first-order valence-corrected chi connectivity index (χ1v) is 11.2. The minimum atomic E-state index is -4.44. The number of nitrogens with zero attached hydrogens (tertiary/aromatic N) is 1. The van der Waals surface area contributed by atoms with Gasteiger partial charge in [-0.3, -0.25) is 4.79 Å². The molecule has 1 amide bonds. The van der Waals surface area contributed by atoms with Gasteiger partial charge < -0.3 is 19.9 Å². The number of benzene rings is 1. The summed E-state index contributed by atoms with van der Waals surface area (Å²) in [5, 5.41) is 4.37. The summed E-state index contributed by atoms with van der Waals surface area (Å²) in [5.41, 5.74) is 0.959. The highest BCUT2D eigenvalue weighted by molar-refractivity contribution is 5.98. The van der Waals surface area contributed by atoms with Crippen LogP contribution in [0.15, 0.2) is 30.3 Å². The van der Waals surface area contributed by atoms with E-state index in [1.54, 1.807) is 6.07 Å². The Hall–Kier alpha value is -2.06. The van der Waals surface area contributed by atoms with Crippen molar-refractivity contribution in [2.24, 2.45) is 5.92 Å². The number of ether oxygens (including phenoxy) is 1. The molecule has 4 rings (SSSR count). The van der Waals surface area contributed by atoms with Crippen LogP contribution in [0, 0.1) is 5.92 Å². The molecule has 0 radical (unpaired) electrons. The highest BCUT2D eigenvalue weighted by atomic mass is 19.4. The van der Waals surface area contributed by atoms with E-state index >= 15 is 0 Å². The molecule has 1 aromatic heterocycles. The number of hydrogen-bond acceptors (Lipinski definition) is 3. The Morgan fingerprint density at radius 1 is 1.16 bits per heavy atom. The molecule has 31 heavy (non-hydrogen) atoms. The minimum Gasteiger partial charge on any atom is -0.381 e. The van der Waals surface area contributed by atoms with Gasteiger partial charge in [-0.1, -0.05) is 18.2 Å². The number of halogens is 3. The normalized spacial score (nSPS) is 23.2. The monoisotopic (exact) mass is 437 g/mol. The van der Waals surface area contributed by atoms with Crippen LogP contribution < -0.4 is 5.32 Å². The van der Waals surface area contributed by atoms with Crippen LogP contribution in [0.2, 0.25) is 0 Å². The van der Waals surface area contributed by atoms with Crippen molar-refractivity contribution in [2.45, 2.75) is 56.8 Å². The number of hydrogen-bond donors (Lipinski definition) is 2. The van der Waals surface area contributed by atoms with Crippen LogP contribution in [0.1, 0.15) is 49.0 Å². The second-order valence-corrected chi connectivity index (χ2v) is 8.80. The highest BCUT2D eigenvalue weighted by Crippen LogP contribution is 2.29. The lowest BCUT2D eigenvalue weighted by atomic mass is 9.89. The second-order valence-electron chi connectivity index (χ2n) is 8.80. The van der Waals surface area contributed by atoms with Crippen molar-refractivity contribution in [2.75, 3.05) is 26.3 Å². The van der Waals surface area contributed by atoms with Crippen LogP contribution in [-0.4, -0.2) is 60.4 Å². The number of rotatable bonds is 6. The molecule has 1 aliphatic heterocycles. The topological polar surface area (TPSA) is 57.4 Å². The number of carbonyl (C=O) groups is 1. The number of H-pyrrole nitrogens is 1. The van der Waals surface area contributed by atoms with E-state index in [1.807, 2.05) is 24.3 Å². The molecule has 0 spiro atoms. The smallest absolute Gasteiger partial charge is 0.381 e. The summed E-state index contributed by atoms with van der Waals surface area (Å²) in [5.74, 6) is -0.0306. The fraction of sp³-hybridized carbons (Fsp3) is 0.609. The predicted octanol–water partition coefficient (Wildman–Crippen LogP) is 4.50. The maximum Gasteiger partial charge on any atom is 0.406 e. The Bertz CT molecular complexity index is 843. The average molecular weight is 438 g/mol. The molecule has 8 heteroatoms. The predicted molar refractivity (Wildman–Crippen MR) is 113 cm³/mol. The molecular weight excluding hydrogens is 407 g/mol. The third-order valence-corrected chi connectivity index (χ3v) is 6.49. The summed E-state index contributed by atoms with van der Waals surface area (Å²) in [6.07, 6.45) is 0.474. The van der Waals surface area contributed by atoms with E-state index in [1.165, 1.54) is 0 Å². The largest absolute Gasteiger partial charge is 0.406 e. The van der Waals surface area contributed by atoms with Gasteiger partial charge in [0.25, 0.3) is 5.91 Å². The number of alkyl halides is 3. The zero-order chi connectivity index (χ0) is 21.8. The summed E-state index contributed by atoms with van der Waals surface area (Å²) in [6.45, 7) is 1.19. The Balaban J connectivity index is 1.46. The van der Waals surface area contributed by atoms with Gasteiger partial charge in [0.1, 0.15) is 12.2 Å². The molecule has 2 atom stereocenters. The third-order valence-electron chi connectivity index (χ3n) is 6.49. The molecule has 170 valence electrons. The second kappa shape index (κ2) is 9.61. The van der Waals surface area contributed by atoms with Crippen LogP contribution in [-0.2, 0) is 4.74 Å². The first-order chi connectivity index (χ1) is 14.9. The third kappa shape index (κ3) is 5.80. The molecule has 2 aromatic rings. The van der Waals surface area contributed by atoms with Crippen molar-refractivity contribution in [3.05, 3.63) is 36.0 Å². The van der Waals surface area contributed by atoms with Gasteiger partial charge in [0.05, 0.1) is 0 Å². The van der Waals surface area contributed by atoms with Crippen molar-refractivity contribution < 1.29 is 22.7 Å². The number of aromatic nitrogens is 1. The lowest BCUT2D eigenvalue weighted by Gasteiger charge is -2.38. The Morgan fingerprint density at radius 2 is 1.94 bits per heavy atom. The molecular formula is C23H30F3N3O2. The fourth-order valence-electron chi connectivity index (χ4n) is 4.82. The quantitative estimate of drug-likeness (QED) is 0.700. The maximum absolute atomic E-state index is 13.4. The van der Waals surface area contributed by atoms with E-state index in [9.17, 15) is 18.0 Å². The lowest BCUT2D eigenvalue weighted by molar-refractivity contribution is -0.146. The highest BCUT2D eigenvalue weighted by Gasteiger charge is 2.39. The first kappa shape index (κ1) is 22.1. The van der Waals surface area contributed by atoms with Gasteiger partial charge in [-0.2, -0.15) is 13.2 Å². The summed E-state index contributed by atoms with van der Waals surface area (Å²) in [4.78, 5) is 17.2. The van der Waals surface area contributed by atoms with E-state index in [0.29, 0.717) is 18.8 Å². The number of aromatic amines is 1. The van der Waals surface area contributed by atoms with Crippen molar-refractivity contribution >= 4 is 16.8 Å². The van der Waals surface area contributed by atoms with E-state index in [4.69, 9.17) is 4.74 Å². The van der Waals surface area contributed by atoms with Crippen molar-refractivity contribution in [1.82, 2.24) is 15.2 Å². The molecule has 1 saturated heterocycles.